The van der Waals surface area contributed by atoms with Gasteiger partial charge in [-0.15, -0.1) is 5.10 Å². The molecule has 0 amide bonds. The van der Waals surface area contributed by atoms with Crippen LogP contribution in [0.1, 0.15) is 16.1 Å². The van der Waals surface area contributed by atoms with Crippen molar-refractivity contribution in [1.82, 2.24) is 15.0 Å². The molecule has 0 saturated carbocycles. The SMILES string of the molecule is O=C(c1cccc(Cl)c1F)c1cnnn1-c1ccccc1. The Morgan fingerprint density at radius 1 is 1.10 bits per heavy atom. The van der Waals surface area contributed by atoms with Gasteiger partial charge in [0.15, 0.2) is 5.82 Å². The maximum Gasteiger partial charge on any atom is 0.216 e. The van der Waals surface area contributed by atoms with E-state index in [1.807, 2.05) is 18.2 Å². The summed E-state index contributed by atoms with van der Waals surface area (Å²) in [4.78, 5) is 12.5. The Kier molecular flexibility index (Phi) is 3.50. The zero-order valence-electron chi connectivity index (χ0n) is 10.7. The van der Waals surface area contributed by atoms with E-state index in [0.29, 0.717) is 5.69 Å². The van der Waals surface area contributed by atoms with Crippen molar-refractivity contribution in [2.75, 3.05) is 0 Å². The van der Waals surface area contributed by atoms with Crippen LogP contribution in [0.15, 0.2) is 54.7 Å². The van der Waals surface area contributed by atoms with Crippen molar-refractivity contribution in [2.24, 2.45) is 0 Å². The van der Waals surface area contributed by atoms with E-state index in [2.05, 4.69) is 10.3 Å². The molecule has 0 atom stereocenters. The highest BCUT2D eigenvalue weighted by Gasteiger charge is 2.20. The number of carbonyl (C=O) groups excluding carboxylic acids is 1. The van der Waals surface area contributed by atoms with Gasteiger partial charge in [0, 0.05) is 0 Å². The van der Waals surface area contributed by atoms with Crippen LogP contribution in [-0.2, 0) is 0 Å². The molecule has 0 fully saturated rings. The third kappa shape index (κ3) is 2.43. The van der Waals surface area contributed by atoms with Crippen molar-refractivity contribution in [3.05, 3.63) is 76.8 Å². The molecule has 0 radical (unpaired) electrons. The van der Waals surface area contributed by atoms with Crippen LogP contribution in [-0.4, -0.2) is 20.8 Å². The Hall–Kier alpha value is -2.53. The Balaban J connectivity index is 2.08. The van der Waals surface area contributed by atoms with Crippen molar-refractivity contribution < 1.29 is 9.18 Å². The molecule has 2 aromatic carbocycles. The third-order valence-electron chi connectivity index (χ3n) is 2.98. The number of aromatic nitrogens is 3. The van der Waals surface area contributed by atoms with Crippen LogP contribution in [0.3, 0.4) is 0 Å². The molecule has 104 valence electrons. The Labute approximate surface area is 124 Å². The van der Waals surface area contributed by atoms with E-state index < -0.39 is 11.6 Å². The van der Waals surface area contributed by atoms with Gasteiger partial charge in [0.25, 0.3) is 0 Å². The van der Waals surface area contributed by atoms with E-state index >= 15 is 0 Å². The molecule has 0 aliphatic rings. The summed E-state index contributed by atoms with van der Waals surface area (Å²) < 4.78 is 15.3. The summed E-state index contributed by atoms with van der Waals surface area (Å²) in [5.41, 5.74) is 0.727. The first-order valence-electron chi connectivity index (χ1n) is 6.13. The molecule has 0 unspecified atom stereocenters. The van der Waals surface area contributed by atoms with Crippen molar-refractivity contribution in [1.29, 1.82) is 0 Å². The average molecular weight is 302 g/mol. The maximum atomic E-state index is 14.0. The minimum atomic E-state index is -0.745. The Morgan fingerprint density at radius 3 is 2.62 bits per heavy atom. The molecule has 3 rings (SSSR count). The lowest BCUT2D eigenvalue weighted by atomic mass is 10.1. The van der Waals surface area contributed by atoms with Gasteiger partial charge in [-0.3, -0.25) is 4.79 Å². The molecular weight excluding hydrogens is 293 g/mol. The number of carbonyl (C=O) groups is 1. The number of nitrogens with zero attached hydrogens (tertiary/aromatic N) is 3. The molecule has 4 nitrogen and oxygen atoms in total. The van der Waals surface area contributed by atoms with Gasteiger partial charge in [0.05, 0.1) is 22.5 Å². The van der Waals surface area contributed by atoms with Crippen LogP contribution in [0.5, 0.6) is 0 Å². The third-order valence-corrected chi connectivity index (χ3v) is 3.27. The Bertz CT molecular complexity index is 802. The first-order valence-corrected chi connectivity index (χ1v) is 6.51. The summed E-state index contributed by atoms with van der Waals surface area (Å²) in [6.07, 6.45) is 1.30. The summed E-state index contributed by atoms with van der Waals surface area (Å²) in [5.74, 6) is -1.27. The van der Waals surface area contributed by atoms with Gasteiger partial charge in [-0.1, -0.05) is 41.1 Å². The van der Waals surface area contributed by atoms with Crippen LogP contribution in [0.2, 0.25) is 5.02 Å². The zero-order chi connectivity index (χ0) is 14.8. The molecule has 0 aliphatic carbocycles. The van der Waals surface area contributed by atoms with Crippen molar-refractivity contribution >= 4 is 17.4 Å². The number of hydrogen-bond acceptors (Lipinski definition) is 3. The van der Waals surface area contributed by atoms with E-state index in [9.17, 15) is 9.18 Å². The first-order chi connectivity index (χ1) is 10.2. The highest BCUT2D eigenvalue weighted by atomic mass is 35.5. The largest absolute Gasteiger partial charge is 0.287 e. The van der Waals surface area contributed by atoms with E-state index in [1.165, 1.54) is 29.1 Å². The van der Waals surface area contributed by atoms with Gasteiger partial charge in [0.2, 0.25) is 5.78 Å². The standard InChI is InChI=1S/C15H9ClFN3O/c16-12-8-4-7-11(14(12)17)15(21)13-9-18-19-20(13)10-5-2-1-3-6-10/h1-9H. The van der Waals surface area contributed by atoms with Crippen molar-refractivity contribution in [3.8, 4) is 5.69 Å². The van der Waals surface area contributed by atoms with Gasteiger partial charge in [-0.05, 0) is 24.3 Å². The summed E-state index contributed by atoms with van der Waals surface area (Å²) >= 11 is 5.71. The number of benzene rings is 2. The normalized spacial score (nSPS) is 10.6. The summed E-state index contributed by atoms with van der Waals surface area (Å²) in [6.45, 7) is 0. The van der Waals surface area contributed by atoms with Crippen molar-refractivity contribution in [3.63, 3.8) is 0 Å². The Morgan fingerprint density at radius 2 is 1.86 bits per heavy atom. The number of halogens is 2. The van der Waals surface area contributed by atoms with Crippen LogP contribution < -0.4 is 0 Å². The van der Waals surface area contributed by atoms with Gasteiger partial charge in [-0.2, -0.15) is 0 Å². The molecule has 0 bridgehead atoms. The monoisotopic (exact) mass is 301 g/mol. The summed E-state index contributed by atoms with van der Waals surface area (Å²) in [6, 6.07) is 13.3. The summed E-state index contributed by atoms with van der Waals surface area (Å²) in [5, 5.41) is 7.51. The van der Waals surface area contributed by atoms with Crippen molar-refractivity contribution in [2.45, 2.75) is 0 Å². The fraction of sp³-hybridized carbons (Fsp3) is 0. The fourth-order valence-corrected chi connectivity index (χ4v) is 2.14. The van der Waals surface area contributed by atoms with Gasteiger partial charge in [0.1, 0.15) is 5.69 Å². The molecule has 21 heavy (non-hydrogen) atoms. The lowest BCUT2D eigenvalue weighted by Gasteiger charge is -2.06. The van der Waals surface area contributed by atoms with E-state index in [1.54, 1.807) is 12.1 Å². The molecule has 1 aromatic heterocycles. The minimum Gasteiger partial charge on any atom is -0.287 e. The highest BCUT2D eigenvalue weighted by molar-refractivity contribution is 6.31. The number of para-hydroxylation sites is 1. The maximum absolute atomic E-state index is 14.0. The van der Waals surface area contributed by atoms with E-state index in [-0.39, 0.29) is 16.3 Å². The van der Waals surface area contributed by atoms with Crippen LogP contribution in [0.4, 0.5) is 4.39 Å². The lowest BCUT2D eigenvalue weighted by molar-refractivity contribution is 0.102. The summed E-state index contributed by atoms with van der Waals surface area (Å²) in [7, 11) is 0. The fourth-order valence-electron chi connectivity index (χ4n) is 1.97. The second kappa shape index (κ2) is 5.46. The predicted octanol–water partition coefficient (Wildman–Crippen LogP) is 3.29. The second-order valence-electron chi connectivity index (χ2n) is 4.30. The molecule has 3 aromatic rings. The number of ketones is 1. The molecule has 0 saturated heterocycles. The smallest absolute Gasteiger partial charge is 0.216 e. The minimum absolute atomic E-state index is 0.0976. The van der Waals surface area contributed by atoms with Gasteiger partial charge >= 0.3 is 0 Å². The van der Waals surface area contributed by atoms with Crippen LogP contribution in [0, 0.1) is 5.82 Å². The first kappa shape index (κ1) is 13.5. The second-order valence-corrected chi connectivity index (χ2v) is 4.70. The molecule has 6 heteroatoms. The molecule has 1 heterocycles. The predicted molar refractivity (Wildman–Crippen MR) is 76.2 cm³/mol. The molecule has 0 N–H and O–H groups in total. The van der Waals surface area contributed by atoms with E-state index in [4.69, 9.17) is 11.6 Å². The molecular formula is C15H9ClFN3O. The van der Waals surface area contributed by atoms with Gasteiger partial charge in [-0.25, -0.2) is 9.07 Å². The number of rotatable bonds is 3. The van der Waals surface area contributed by atoms with E-state index in [0.717, 1.165) is 0 Å². The lowest BCUT2D eigenvalue weighted by Crippen LogP contribution is -2.11. The number of hydrogen-bond donors (Lipinski definition) is 0. The van der Waals surface area contributed by atoms with Crippen LogP contribution in [0.25, 0.3) is 5.69 Å². The molecule has 0 spiro atoms. The topological polar surface area (TPSA) is 47.8 Å². The highest BCUT2D eigenvalue weighted by Crippen LogP contribution is 2.21. The van der Waals surface area contributed by atoms with Crippen LogP contribution >= 0.6 is 11.6 Å². The average Bonchev–Trinajstić information content (AvgIpc) is 3.00. The molecule has 0 aliphatic heterocycles. The zero-order valence-corrected chi connectivity index (χ0v) is 11.5. The quantitative estimate of drug-likeness (QED) is 0.697. The van der Waals surface area contributed by atoms with Gasteiger partial charge < -0.3 is 0 Å².